The molecule has 90 valence electrons. The van der Waals surface area contributed by atoms with Crippen LogP contribution in [0, 0.1) is 0 Å². The van der Waals surface area contributed by atoms with Crippen molar-refractivity contribution in [1.82, 2.24) is 0 Å². The van der Waals surface area contributed by atoms with E-state index in [1.165, 1.54) is 4.21 Å². The molecule has 4 heteroatoms. The third kappa shape index (κ3) is 3.98. The van der Waals surface area contributed by atoms with Crippen LogP contribution in [0.4, 0.5) is 5.69 Å². The van der Waals surface area contributed by atoms with Gasteiger partial charge in [0.15, 0.2) is 0 Å². The van der Waals surface area contributed by atoms with Crippen molar-refractivity contribution in [3.63, 3.8) is 0 Å². The van der Waals surface area contributed by atoms with Crippen LogP contribution in [0.3, 0.4) is 0 Å². The van der Waals surface area contributed by atoms with E-state index in [0.717, 1.165) is 17.9 Å². The van der Waals surface area contributed by atoms with Gasteiger partial charge in [-0.05, 0) is 30.0 Å². The summed E-state index contributed by atoms with van der Waals surface area (Å²) < 4.78 is 6.99. The Labute approximate surface area is 110 Å². The molecule has 2 nitrogen and oxygen atoms in total. The van der Waals surface area contributed by atoms with Crippen molar-refractivity contribution in [1.29, 1.82) is 0 Å². The summed E-state index contributed by atoms with van der Waals surface area (Å²) >= 11 is 3.66. The van der Waals surface area contributed by atoms with Crippen LogP contribution >= 0.6 is 23.1 Å². The smallest absolute Gasteiger partial charge is 0.142 e. The Morgan fingerprint density at radius 1 is 1.18 bits per heavy atom. The zero-order valence-electron chi connectivity index (χ0n) is 9.46. The van der Waals surface area contributed by atoms with E-state index in [1.54, 1.807) is 11.3 Å². The Morgan fingerprint density at radius 3 is 2.82 bits per heavy atom. The number of para-hydroxylation sites is 2. The molecule has 17 heavy (non-hydrogen) atoms. The zero-order chi connectivity index (χ0) is 11.9. The fraction of sp³-hybridized carbons (Fsp3) is 0.231. The molecule has 0 aliphatic carbocycles. The molecule has 0 radical (unpaired) electrons. The predicted octanol–water partition coefficient (Wildman–Crippen LogP) is 3.89. The Hall–Kier alpha value is -1.13. The topological polar surface area (TPSA) is 35.2 Å². The van der Waals surface area contributed by atoms with Crippen molar-refractivity contribution in [3.05, 3.63) is 41.8 Å². The first-order valence-electron chi connectivity index (χ1n) is 5.50. The Bertz CT molecular complexity index is 442. The molecule has 1 aromatic heterocycles. The maximum Gasteiger partial charge on any atom is 0.142 e. The molecular formula is C13H15NOS2. The van der Waals surface area contributed by atoms with Crippen LogP contribution in [-0.4, -0.2) is 12.4 Å². The summed E-state index contributed by atoms with van der Waals surface area (Å²) in [5.74, 6) is 1.86. The molecule has 2 rings (SSSR count). The molecule has 2 aromatic rings. The van der Waals surface area contributed by atoms with Gasteiger partial charge in [-0.15, -0.1) is 23.1 Å². The van der Waals surface area contributed by atoms with Gasteiger partial charge >= 0.3 is 0 Å². The average molecular weight is 265 g/mol. The second kappa shape index (κ2) is 6.57. The summed E-state index contributed by atoms with van der Waals surface area (Å²) in [7, 11) is 0. The number of nitrogen functional groups attached to an aromatic ring is 1. The Kier molecular flexibility index (Phi) is 4.76. The highest BCUT2D eigenvalue weighted by Crippen LogP contribution is 2.24. The van der Waals surface area contributed by atoms with E-state index in [1.807, 2.05) is 36.0 Å². The molecule has 1 aromatic carbocycles. The first kappa shape index (κ1) is 12.3. The van der Waals surface area contributed by atoms with Crippen molar-refractivity contribution in [3.8, 4) is 5.75 Å². The number of anilines is 1. The van der Waals surface area contributed by atoms with Crippen LogP contribution in [0.25, 0.3) is 0 Å². The lowest BCUT2D eigenvalue weighted by molar-refractivity contribution is 0.320. The molecule has 0 aliphatic heterocycles. The first-order valence-corrected chi connectivity index (χ1v) is 7.36. The number of thioether (sulfide) groups is 1. The van der Waals surface area contributed by atoms with Gasteiger partial charge in [0.05, 0.1) is 16.5 Å². The molecule has 2 N–H and O–H groups in total. The predicted molar refractivity (Wildman–Crippen MR) is 76.0 cm³/mol. The lowest BCUT2D eigenvalue weighted by Gasteiger charge is -2.07. The summed E-state index contributed by atoms with van der Waals surface area (Å²) in [6.45, 7) is 0.715. The lowest BCUT2D eigenvalue weighted by atomic mass is 10.3. The zero-order valence-corrected chi connectivity index (χ0v) is 11.1. The highest BCUT2D eigenvalue weighted by atomic mass is 32.2. The number of benzene rings is 1. The molecule has 0 saturated heterocycles. The van der Waals surface area contributed by atoms with Gasteiger partial charge < -0.3 is 10.5 Å². The Morgan fingerprint density at radius 2 is 2.06 bits per heavy atom. The third-order valence-corrected chi connectivity index (χ3v) is 4.42. The number of rotatable bonds is 6. The molecule has 0 saturated carbocycles. The summed E-state index contributed by atoms with van der Waals surface area (Å²) in [6.07, 6.45) is 1.02. The second-order valence-electron chi connectivity index (χ2n) is 3.52. The van der Waals surface area contributed by atoms with E-state index in [0.29, 0.717) is 12.3 Å². The van der Waals surface area contributed by atoms with E-state index in [2.05, 4.69) is 17.5 Å². The SMILES string of the molecule is Nc1ccccc1OCCCSc1cccs1. The van der Waals surface area contributed by atoms with Crippen molar-refractivity contribution >= 4 is 28.8 Å². The van der Waals surface area contributed by atoms with Gasteiger partial charge in [-0.3, -0.25) is 0 Å². The van der Waals surface area contributed by atoms with Crippen LogP contribution in [-0.2, 0) is 0 Å². The highest BCUT2D eigenvalue weighted by Gasteiger charge is 1.98. The van der Waals surface area contributed by atoms with Crippen molar-refractivity contribution in [2.45, 2.75) is 10.6 Å². The van der Waals surface area contributed by atoms with Gasteiger partial charge in [-0.2, -0.15) is 0 Å². The van der Waals surface area contributed by atoms with Crippen LogP contribution in [0.5, 0.6) is 5.75 Å². The quantitative estimate of drug-likeness (QED) is 0.489. The fourth-order valence-corrected chi connectivity index (χ4v) is 3.15. The molecule has 0 amide bonds. The fourth-order valence-electron chi connectivity index (χ4n) is 1.37. The summed E-state index contributed by atoms with van der Waals surface area (Å²) in [5, 5.41) is 2.10. The van der Waals surface area contributed by atoms with E-state index in [4.69, 9.17) is 10.5 Å². The molecule has 0 spiro atoms. The molecule has 0 aliphatic rings. The molecule has 0 fully saturated rings. The van der Waals surface area contributed by atoms with Crippen molar-refractivity contribution in [2.24, 2.45) is 0 Å². The standard InChI is InChI=1S/C13H15NOS2/c14-11-5-1-2-6-12(11)15-8-4-10-17-13-7-3-9-16-13/h1-3,5-7,9H,4,8,10,14H2. The minimum atomic E-state index is 0.707. The molecular weight excluding hydrogens is 250 g/mol. The number of hydrogen-bond acceptors (Lipinski definition) is 4. The highest BCUT2D eigenvalue weighted by molar-refractivity contribution is 8.01. The van der Waals surface area contributed by atoms with Gasteiger partial charge in [0, 0.05) is 5.75 Å². The summed E-state index contributed by atoms with van der Waals surface area (Å²) in [6, 6.07) is 11.8. The normalized spacial score (nSPS) is 10.4. The molecule has 1 heterocycles. The van der Waals surface area contributed by atoms with Gasteiger partial charge in [-0.25, -0.2) is 0 Å². The molecule has 0 unspecified atom stereocenters. The van der Waals surface area contributed by atoms with E-state index >= 15 is 0 Å². The van der Waals surface area contributed by atoms with Crippen molar-refractivity contribution in [2.75, 3.05) is 18.1 Å². The van der Waals surface area contributed by atoms with E-state index in [-0.39, 0.29) is 0 Å². The third-order valence-electron chi connectivity index (χ3n) is 2.20. The van der Waals surface area contributed by atoms with Gasteiger partial charge in [0.2, 0.25) is 0 Å². The van der Waals surface area contributed by atoms with Crippen LogP contribution in [0.15, 0.2) is 46.0 Å². The number of hydrogen-bond donors (Lipinski definition) is 1. The summed E-state index contributed by atoms with van der Waals surface area (Å²) in [5.41, 5.74) is 6.49. The van der Waals surface area contributed by atoms with Crippen LogP contribution < -0.4 is 10.5 Å². The largest absolute Gasteiger partial charge is 0.491 e. The number of ether oxygens (including phenoxy) is 1. The maximum atomic E-state index is 5.78. The van der Waals surface area contributed by atoms with E-state index < -0.39 is 0 Å². The van der Waals surface area contributed by atoms with E-state index in [9.17, 15) is 0 Å². The first-order chi connectivity index (χ1) is 8.36. The van der Waals surface area contributed by atoms with Gasteiger partial charge in [0.25, 0.3) is 0 Å². The maximum absolute atomic E-state index is 5.78. The second-order valence-corrected chi connectivity index (χ2v) is 5.86. The van der Waals surface area contributed by atoms with Gasteiger partial charge in [-0.1, -0.05) is 18.2 Å². The number of thiophene rings is 1. The van der Waals surface area contributed by atoms with Gasteiger partial charge in [0.1, 0.15) is 5.75 Å². The molecule has 0 bridgehead atoms. The van der Waals surface area contributed by atoms with Crippen LogP contribution in [0.1, 0.15) is 6.42 Å². The molecule has 0 atom stereocenters. The number of nitrogens with two attached hydrogens (primary N) is 1. The minimum absolute atomic E-state index is 0.707. The minimum Gasteiger partial charge on any atom is -0.491 e. The lowest BCUT2D eigenvalue weighted by Crippen LogP contribution is -2.00. The average Bonchev–Trinajstić information content (AvgIpc) is 2.84. The monoisotopic (exact) mass is 265 g/mol. The summed E-state index contributed by atoms with van der Waals surface area (Å²) in [4.78, 5) is 0. The Balaban J connectivity index is 1.65. The van der Waals surface area contributed by atoms with Crippen LogP contribution in [0.2, 0.25) is 0 Å². The van der Waals surface area contributed by atoms with Crippen molar-refractivity contribution < 1.29 is 4.74 Å².